The lowest BCUT2D eigenvalue weighted by Crippen LogP contribution is -2.37. The summed E-state index contributed by atoms with van der Waals surface area (Å²) >= 11 is 0. The van der Waals surface area contributed by atoms with Crippen molar-refractivity contribution < 1.29 is 10.2 Å². The van der Waals surface area contributed by atoms with Gasteiger partial charge in [-0.3, -0.25) is 4.90 Å². The second-order valence-corrected chi connectivity index (χ2v) is 2.57. The quantitative estimate of drug-likeness (QED) is 0.551. The van der Waals surface area contributed by atoms with Gasteiger partial charge in [-0.2, -0.15) is 0 Å². The Labute approximate surface area is 62.3 Å². The van der Waals surface area contributed by atoms with Crippen LogP contribution in [-0.4, -0.2) is 40.5 Å². The Morgan fingerprint density at radius 1 is 1.30 bits per heavy atom. The summed E-state index contributed by atoms with van der Waals surface area (Å²) in [5.74, 6) is 0. The summed E-state index contributed by atoms with van der Waals surface area (Å²) in [4.78, 5) is 1.80. The fourth-order valence-electron chi connectivity index (χ4n) is 0.885. The van der Waals surface area contributed by atoms with E-state index in [1.165, 1.54) is 0 Å². The molecule has 0 aromatic rings. The zero-order valence-electron chi connectivity index (χ0n) is 6.91. The molecule has 0 aliphatic heterocycles. The molecule has 0 bridgehead atoms. The molecule has 0 aromatic carbocycles. The van der Waals surface area contributed by atoms with Crippen LogP contribution in [0, 0.1) is 0 Å². The summed E-state index contributed by atoms with van der Waals surface area (Å²) in [5.41, 5.74) is 0. The highest BCUT2D eigenvalue weighted by Crippen LogP contribution is 1.96. The maximum absolute atomic E-state index is 9.08. The zero-order valence-corrected chi connectivity index (χ0v) is 6.91. The molecule has 3 heteroatoms. The van der Waals surface area contributed by atoms with Crippen molar-refractivity contribution in [3.63, 3.8) is 0 Å². The molecular weight excluding hydrogens is 130 g/mol. The van der Waals surface area contributed by atoms with Crippen LogP contribution < -0.4 is 0 Å². The largest absolute Gasteiger partial charge is 0.392 e. The van der Waals surface area contributed by atoms with E-state index in [0.29, 0.717) is 6.54 Å². The van der Waals surface area contributed by atoms with Gasteiger partial charge in [-0.15, -0.1) is 0 Å². The van der Waals surface area contributed by atoms with E-state index in [1.807, 2.05) is 6.92 Å². The molecule has 0 radical (unpaired) electrons. The summed E-state index contributed by atoms with van der Waals surface area (Å²) in [7, 11) is 0. The predicted molar refractivity (Wildman–Crippen MR) is 40.6 cm³/mol. The SMILES string of the molecule is CCN(CC(C)O)C(C)O. The molecule has 0 saturated carbocycles. The number of rotatable bonds is 4. The smallest absolute Gasteiger partial charge is 0.104 e. The van der Waals surface area contributed by atoms with Crippen molar-refractivity contribution in [1.82, 2.24) is 4.90 Å². The summed E-state index contributed by atoms with van der Waals surface area (Å²) in [6.07, 6.45) is -0.825. The molecule has 0 rings (SSSR count). The van der Waals surface area contributed by atoms with Crippen LogP contribution >= 0.6 is 0 Å². The fourth-order valence-corrected chi connectivity index (χ4v) is 0.885. The van der Waals surface area contributed by atoms with Crippen molar-refractivity contribution >= 4 is 0 Å². The van der Waals surface area contributed by atoms with Crippen LogP contribution in [0.2, 0.25) is 0 Å². The molecule has 0 aliphatic carbocycles. The van der Waals surface area contributed by atoms with Gasteiger partial charge < -0.3 is 10.2 Å². The van der Waals surface area contributed by atoms with Gasteiger partial charge in [-0.05, 0) is 20.4 Å². The van der Waals surface area contributed by atoms with E-state index in [0.717, 1.165) is 6.54 Å². The summed E-state index contributed by atoms with van der Waals surface area (Å²) < 4.78 is 0. The van der Waals surface area contributed by atoms with Gasteiger partial charge in [0.05, 0.1) is 6.10 Å². The van der Waals surface area contributed by atoms with Crippen molar-refractivity contribution in [2.24, 2.45) is 0 Å². The molecule has 0 spiro atoms. The molecule has 0 aliphatic rings. The lowest BCUT2D eigenvalue weighted by molar-refractivity contribution is -0.00363. The summed E-state index contributed by atoms with van der Waals surface area (Å²) in [5, 5.41) is 18.0. The van der Waals surface area contributed by atoms with E-state index in [-0.39, 0.29) is 6.10 Å². The molecule has 0 heterocycles. The number of aliphatic hydroxyl groups is 2. The number of hydrogen-bond donors (Lipinski definition) is 2. The molecule has 62 valence electrons. The normalized spacial score (nSPS) is 17.4. The monoisotopic (exact) mass is 147 g/mol. The van der Waals surface area contributed by atoms with E-state index in [4.69, 9.17) is 10.2 Å². The molecule has 0 saturated heterocycles. The molecule has 2 atom stereocenters. The van der Waals surface area contributed by atoms with Crippen LogP contribution in [0.4, 0.5) is 0 Å². The van der Waals surface area contributed by atoms with Gasteiger partial charge in [0.2, 0.25) is 0 Å². The first-order chi connectivity index (χ1) is 4.57. The zero-order chi connectivity index (χ0) is 8.15. The minimum atomic E-state index is -0.459. The summed E-state index contributed by atoms with van der Waals surface area (Å²) in [6, 6.07) is 0. The third-order valence-electron chi connectivity index (χ3n) is 1.43. The molecule has 2 unspecified atom stereocenters. The van der Waals surface area contributed by atoms with Crippen LogP contribution in [0.5, 0.6) is 0 Å². The lowest BCUT2D eigenvalue weighted by atomic mass is 10.3. The van der Waals surface area contributed by atoms with Crippen molar-refractivity contribution in [2.45, 2.75) is 33.1 Å². The molecular formula is C7H17NO2. The van der Waals surface area contributed by atoms with Crippen molar-refractivity contribution in [3.8, 4) is 0 Å². The van der Waals surface area contributed by atoms with Crippen LogP contribution in [0.1, 0.15) is 20.8 Å². The van der Waals surface area contributed by atoms with Crippen molar-refractivity contribution in [3.05, 3.63) is 0 Å². The van der Waals surface area contributed by atoms with Gasteiger partial charge in [0.25, 0.3) is 0 Å². The van der Waals surface area contributed by atoms with Gasteiger partial charge >= 0.3 is 0 Å². The number of likely N-dealkylation sites (N-methyl/N-ethyl adjacent to an activating group) is 1. The van der Waals surface area contributed by atoms with Crippen LogP contribution in [0.15, 0.2) is 0 Å². The Bertz CT molecular complexity index is 83.7. The Balaban J connectivity index is 3.60. The van der Waals surface area contributed by atoms with E-state index >= 15 is 0 Å². The number of hydrogen-bond acceptors (Lipinski definition) is 3. The maximum atomic E-state index is 9.08. The molecule has 0 amide bonds. The van der Waals surface area contributed by atoms with E-state index in [9.17, 15) is 0 Å². The molecule has 10 heavy (non-hydrogen) atoms. The predicted octanol–water partition coefficient (Wildman–Crippen LogP) is 0.0274. The Morgan fingerprint density at radius 3 is 1.90 bits per heavy atom. The second-order valence-electron chi connectivity index (χ2n) is 2.57. The second kappa shape index (κ2) is 4.66. The Morgan fingerprint density at radius 2 is 1.80 bits per heavy atom. The molecule has 0 fully saturated rings. The number of aliphatic hydroxyl groups excluding tert-OH is 2. The fraction of sp³-hybridized carbons (Fsp3) is 1.00. The average molecular weight is 147 g/mol. The first kappa shape index (κ1) is 9.88. The van der Waals surface area contributed by atoms with Gasteiger partial charge in [-0.1, -0.05) is 6.92 Å². The van der Waals surface area contributed by atoms with Gasteiger partial charge in [0.1, 0.15) is 6.23 Å². The first-order valence-electron chi connectivity index (χ1n) is 3.68. The topological polar surface area (TPSA) is 43.7 Å². The Hall–Kier alpha value is -0.120. The molecule has 3 nitrogen and oxygen atoms in total. The van der Waals surface area contributed by atoms with Gasteiger partial charge in [-0.25, -0.2) is 0 Å². The third kappa shape index (κ3) is 3.82. The van der Waals surface area contributed by atoms with Crippen LogP contribution in [0.3, 0.4) is 0 Å². The van der Waals surface area contributed by atoms with Crippen LogP contribution in [0.25, 0.3) is 0 Å². The molecule has 2 N–H and O–H groups in total. The number of nitrogens with zero attached hydrogens (tertiary/aromatic N) is 1. The highest BCUT2D eigenvalue weighted by Gasteiger charge is 2.09. The van der Waals surface area contributed by atoms with Crippen molar-refractivity contribution in [1.29, 1.82) is 0 Å². The standard InChI is InChI=1S/C7H17NO2/c1-4-8(7(3)10)5-6(2)9/h6-7,9-10H,4-5H2,1-3H3. The average Bonchev–Trinajstić information content (AvgIpc) is 1.81. The third-order valence-corrected chi connectivity index (χ3v) is 1.43. The Kier molecular flexibility index (Phi) is 4.60. The van der Waals surface area contributed by atoms with Crippen molar-refractivity contribution in [2.75, 3.05) is 13.1 Å². The van der Waals surface area contributed by atoms with E-state index in [1.54, 1.807) is 18.7 Å². The summed E-state index contributed by atoms with van der Waals surface area (Å²) in [6.45, 7) is 6.67. The molecule has 0 aromatic heterocycles. The first-order valence-corrected chi connectivity index (χ1v) is 3.68. The van der Waals surface area contributed by atoms with Gasteiger partial charge in [0.15, 0.2) is 0 Å². The highest BCUT2D eigenvalue weighted by atomic mass is 16.3. The van der Waals surface area contributed by atoms with Gasteiger partial charge in [0, 0.05) is 6.54 Å². The minimum Gasteiger partial charge on any atom is -0.392 e. The highest BCUT2D eigenvalue weighted by molar-refractivity contribution is 4.58. The van der Waals surface area contributed by atoms with E-state index in [2.05, 4.69) is 0 Å². The van der Waals surface area contributed by atoms with E-state index < -0.39 is 6.23 Å². The minimum absolute atomic E-state index is 0.366. The lowest BCUT2D eigenvalue weighted by Gasteiger charge is -2.24. The van der Waals surface area contributed by atoms with Crippen LogP contribution in [-0.2, 0) is 0 Å². The maximum Gasteiger partial charge on any atom is 0.104 e.